The molecule has 0 bridgehead atoms. The Labute approximate surface area is 163 Å². The number of para-hydroxylation sites is 1. The van der Waals surface area contributed by atoms with Gasteiger partial charge in [-0.1, -0.05) is 24.3 Å². The van der Waals surface area contributed by atoms with Gasteiger partial charge < -0.3 is 14.4 Å². The SMILES string of the molecule is O=C(C1CCC(=O)N1c1ccccc1)N1CCC(c2ccc3c(c2)OCO3)C1. The molecule has 2 amide bonds. The minimum Gasteiger partial charge on any atom is -0.454 e. The number of rotatable bonds is 3. The highest BCUT2D eigenvalue weighted by molar-refractivity contribution is 6.03. The fourth-order valence-corrected chi connectivity index (χ4v) is 4.44. The van der Waals surface area contributed by atoms with Gasteiger partial charge in [-0.2, -0.15) is 0 Å². The number of amides is 2. The molecule has 0 aliphatic carbocycles. The minimum absolute atomic E-state index is 0.0241. The molecular weight excluding hydrogens is 356 g/mol. The third kappa shape index (κ3) is 2.89. The van der Waals surface area contributed by atoms with Gasteiger partial charge in [0.15, 0.2) is 11.5 Å². The van der Waals surface area contributed by atoms with Gasteiger partial charge in [0.1, 0.15) is 6.04 Å². The molecule has 2 aromatic rings. The van der Waals surface area contributed by atoms with Crippen LogP contribution in [0.15, 0.2) is 48.5 Å². The number of carbonyl (C=O) groups is 2. The molecule has 0 saturated carbocycles. The van der Waals surface area contributed by atoms with E-state index in [1.165, 1.54) is 5.56 Å². The molecule has 3 aliphatic heterocycles. The van der Waals surface area contributed by atoms with Crippen molar-refractivity contribution in [3.05, 3.63) is 54.1 Å². The Morgan fingerprint density at radius 1 is 1.00 bits per heavy atom. The Hall–Kier alpha value is -3.02. The van der Waals surface area contributed by atoms with Gasteiger partial charge in [0.2, 0.25) is 18.6 Å². The fourth-order valence-electron chi connectivity index (χ4n) is 4.44. The highest BCUT2D eigenvalue weighted by Gasteiger charge is 2.41. The van der Waals surface area contributed by atoms with Gasteiger partial charge in [0.25, 0.3) is 0 Å². The number of benzene rings is 2. The molecule has 2 saturated heterocycles. The van der Waals surface area contributed by atoms with Gasteiger partial charge >= 0.3 is 0 Å². The normalized spacial score (nSPS) is 23.5. The monoisotopic (exact) mass is 378 g/mol. The Balaban J connectivity index is 1.31. The van der Waals surface area contributed by atoms with Crippen LogP contribution in [-0.4, -0.2) is 42.6 Å². The topological polar surface area (TPSA) is 59.1 Å². The van der Waals surface area contributed by atoms with Crippen LogP contribution in [0.4, 0.5) is 5.69 Å². The Kier molecular flexibility index (Phi) is 4.19. The predicted octanol–water partition coefficient (Wildman–Crippen LogP) is 2.93. The molecule has 2 fully saturated rings. The molecule has 28 heavy (non-hydrogen) atoms. The van der Waals surface area contributed by atoms with Crippen molar-refractivity contribution < 1.29 is 19.1 Å². The first-order valence-corrected chi connectivity index (χ1v) is 9.76. The molecule has 0 aromatic heterocycles. The van der Waals surface area contributed by atoms with Crippen molar-refractivity contribution in [3.63, 3.8) is 0 Å². The molecule has 0 N–H and O–H groups in total. The molecule has 6 nitrogen and oxygen atoms in total. The second-order valence-electron chi connectivity index (χ2n) is 7.54. The lowest BCUT2D eigenvalue weighted by Gasteiger charge is -2.28. The second kappa shape index (κ2) is 6.86. The van der Waals surface area contributed by atoms with Crippen LogP contribution in [0.2, 0.25) is 0 Å². The van der Waals surface area contributed by atoms with Crippen molar-refractivity contribution in [2.75, 3.05) is 24.8 Å². The largest absolute Gasteiger partial charge is 0.454 e. The molecule has 3 aliphatic rings. The number of nitrogens with zero attached hydrogens (tertiary/aromatic N) is 2. The summed E-state index contributed by atoms with van der Waals surface area (Å²) in [4.78, 5) is 29.2. The van der Waals surface area contributed by atoms with Crippen molar-refractivity contribution in [2.45, 2.75) is 31.2 Å². The van der Waals surface area contributed by atoms with Crippen molar-refractivity contribution in [1.29, 1.82) is 0 Å². The van der Waals surface area contributed by atoms with E-state index in [-0.39, 0.29) is 24.5 Å². The summed E-state index contributed by atoms with van der Waals surface area (Å²) in [6, 6.07) is 15.1. The number of hydrogen-bond acceptors (Lipinski definition) is 4. The standard InChI is InChI=1S/C22H22N2O4/c25-21-9-7-18(24(21)17-4-2-1-3-5-17)22(26)23-11-10-16(13-23)15-6-8-19-20(12-15)28-14-27-19/h1-6,8,12,16,18H,7,9-11,13-14H2. The van der Waals surface area contributed by atoms with Crippen molar-refractivity contribution in [3.8, 4) is 11.5 Å². The molecule has 144 valence electrons. The van der Waals surface area contributed by atoms with Crippen molar-refractivity contribution >= 4 is 17.5 Å². The van der Waals surface area contributed by atoms with E-state index in [1.54, 1.807) is 4.90 Å². The summed E-state index contributed by atoms with van der Waals surface area (Å²) in [5.41, 5.74) is 1.97. The summed E-state index contributed by atoms with van der Waals surface area (Å²) in [6.45, 7) is 1.65. The minimum atomic E-state index is -0.398. The molecule has 2 atom stereocenters. The highest BCUT2D eigenvalue weighted by Crippen LogP contribution is 2.37. The van der Waals surface area contributed by atoms with Gasteiger partial charge in [-0.3, -0.25) is 14.5 Å². The zero-order chi connectivity index (χ0) is 19.1. The van der Waals surface area contributed by atoms with Crippen molar-refractivity contribution in [1.82, 2.24) is 4.90 Å². The molecule has 3 heterocycles. The fraction of sp³-hybridized carbons (Fsp3) is 0.364. The lowest BCUT2D eigenvalue weighted by Crippen LogP contribution is -2.46. The maximum atomic E-state index is 13.2. The second-order valence-corrected chi connectivity index (χ2v) is 7.54. The summed E-state index contributed by atoms with van der Waals surface area (Å²) >= 11 is 0. The molecular formula is C22H22N2O4. The lowest BCUT2D eigenvalue weighted by atomic mass is 9.98. The molecule has 0 spiro atoms. The molecule has 2 aromatic carbocycles. The van der Waals surface area contributed by atoms with Crippen LogP contribution in [0.3, 0.4) is 0 Å². The summed E-state index contributed by atoms with van der Waals surface area (Å²) in [5.74, 6) is 1.91. The highest BCUT2D eigenvalue weighted by atomic mass is 16.7. The summed E-state index contributed by atoms with van der Waals surface area (Å²) in [7, 11) is 0. The van der Waals surface area contributed by atoms with Gasteiger partial charge in [-0.05, 0) is 42.7 Å². The molecule has 2 unspecified atom stereocenters. The number of fused-ring (bicyclic) bond motifs is 1. The number of anilines is 1. The molecule has 0 radical (unpaired) electrons. The smallest absolute Gasteiger partial charge is 0.245 e. The quantitative estimate of drug-likeness (QED) is 0.824. The van der Waals surface area contributed by atoms with Crippen LogP contribution in [0.5, 0.6) is 11.5 Å². The average Bonchev–Trinajstić information content (AvgIpc) is 3.46. The van der Waals surface area contributed by atoms with E-state index in [2.05, 4.69) is 6.07 Å². The first-order chi connectivity index (χ1) is 13.7. The number of carbonyl (C=O) groups excluding carboxylic acids is 2. The maximum Gasteiger partial charge on any atom is 0.245 e. The number of likely N-dealkylation sites (tertiary alicyclic amines) is 1. The van der Waals surface area contributed by atoms with Crippen LogP contribution >= 0.6 is 0 Å². The Bertz CT molecular complexity index is 914. The zero-order valence-electron chi connectivity index (χ0n) is 15.5. The van der Waals surface area contributed by atoms with E-state index in [0.29, 0.717) is 25.9 Å². The Morgan fingerprint density at radius 2 is 1.82 bits per heavy atom. The average molecular weight is 378 g/mol. The molecule has 5 rings (SSSR count). The van der Waals surface area contributed by atoms with Gasteiger partial charge in [0, 0.05) is 31.1 Å². The van der Waals surface area contributed by atoms with Gasteiger partial charge in [-0.15, -0.1) is 0 Å². The third-order valence-electron chi connectivity index (χ3n) is 5.90. The van der Waals surface area contributed by atoms with E-state index in [1.807, 2.05) is 47.4 Å². The van der Waals surface area contributed by atoms with Crippen LogP contribution in [0, 0.1) is 0 Å². The van der Waals surface area contributed by atoms with E-state index in [4.69, 9.17) is 9.47 Å². The summed E-state index contributed by atoms with van der Waals surface area (Å²) in [5, 5.41) is 0. The van der Waals surface area contributed by atoms with E-state index < -0.39 is 6.04 Å². The first kappa shape index (κ1) is 17.1. The summed E-state index contributed by atoms with van der Waals surface area (Å²) < 4.78 is 10.9. The van der Waals surface area contributed by atoms with Crippen LogP contribution in [0.1, 0.15) is 30.7 Å². The van der Waals surface area contributed by atoms with E-state index in [0.717, 1.165) is 23.6 Å². The summed E-state index contributed by atoms with van der Waals surface area (Å²) in [6.07, 6.45) is 1.92. The lowest BCUT2D eigenvalue weighted by molar-refractivity contribution is -0.132. The first-order valence-electron chi connectivity index (χ1n) is 9.76. The van der Waals surface area contributed by atoms with Gasteiger partial charge in [-0.25, -0.2) is 0 Å². The Morgan fingerprint density at radius 3 is 2.68 bits per heavy atom. The van der Waals surface area contributed by atoms with E-state index in [9.17, 15) is 9.59 Å². The number of ether oxygens (including phenoxy) is 2. The number of hydrogen-bond donors (Lipinski definition) is 0. The predicted molar refractivity (Wildman–Crippen MR) is 103 cm³/mol. The zero-order valence-corrected chi connectivity index (χ0v) is 15.5. The third-order valence-corrected chi connectivity index (χ3v) is 5.90. The maximum absolute atomic E-state index is 13.2. The van der Waals surface area contributed by atoms with Crippen molar-refractivity contribution in [2.24, 2.45) is 0 Å². The van der Waals surface area contributed by atoms with E-state index >= 15 is 0 Å². The van der Waals surface area contributed by atoms with Crippen LogP contribution in [0.25, 0.3) is 0 Å². The van der Waals surface area contributed by atoms with Crippen LogP contribution in [-0.2, 0) is 9.59 Å². The molecule has 6 heteroatoms. The van der Waals surface area contributed by atoms with Crippen LogP contribution < -0.4 is 14.4 Å². The van der Waals surface area contributed by atoms with Gasteiger partial charge in [0.05, 0.1) is 0 Å².